The number of benzene rings is 1. The molecule has 3 heteroatoms. The van der Waals surface area contributed by atoms with Crippen molar-refractivity contribution in [3.05, 3.63) is 87.6 Å². The van der Waals surface area contributed by atoms with Gasteiger partial charge < -0.3 is 0 Å². The van der Waals surface area contributed by atoms with Crippen LogP contribution in [0.15, 0.2) is 76.4 Å². The molecule has 0 atom stereocenters. The summed E-state index contributed by atoms with van der Waals surface area (Å²) >= 11 is 0. The predicted molar refractivity (Wildman–Crippen MR) is 112 cm³/mol. The van der Waals surface area contributed by atoms with Crippen LogP contribution in [0.2, 0.25) is 0 Å². The van der Waals surface area contributed by atoms with Crippen molar-refractivity contribution in [3.63, 3.8) is 0 Å². The van der Waals surface area contributed by atoms with Crippen LogP contribution in [-0.4, -0.2) is 11.8 Å². The average molecular weight is 361 g/mol. The van der Waals surface area contributed by atoms with E-state index < -0.39 is 0 Å². The third-order valence-electron chi connectivity index (χ3n) is 4.92. The Labute approximate surface area is 161 Å². The van der Waals surface area contributed by atoms with Gasteiger partial charge in [-0.1, -0.05) is 48.6 Å². The molecule has 2 rings (SSSR count). The van der Waals surface area contributed by atoms with Crippen LogP contribution in [0.4, 0.5) is 0 Å². The number of allylic oxidation sites excluding steroid dienone is 6. The molecule has 1 aliphatic heterocycles. The van der Waals surface area contributed by atoms with E-state index >= 15 is 0 Å². The van der Waals surface area contributed by atoms with Crippen molar-refractivity contribution in [3.8, 4) is 0 Å². The summed E-state index contributed by atoms with van der Waals surface area (Å²) < 4.78 is 0. The molecule has 0 spiro atoms. The number of imide groups is 1. The van der Waals surface area contributed by atoms with Crippen molar-refractivity contribution in [2.45, 2.75) is 41.5 Å². The highest BCUT2D eigenvalue weighted by molar-refractivity contribution is 6.28. The zero-order chi connectivity index (χ0) is 20.1. The molecule has 1 N–H and O–H groups in total. The van der Waals surface area contributed by atoms with Crippen molar-refractivity contribution in [2.24, 2.45) is 0 Å². The Morgan fingerprint density at radius 2 is 1.48 bits per heavy atom. The van der Waals surface area contributed by atoms with Crippen LogP contribution < -0.4 is 5.32 Å². The molecular formula is C24H27NO2. The highest BCUT2D eigenvalue weighted by Gasteiger charge is 2.35. The molecule has 27 heavy (non-hydrogen) atoms. The van der Waals surface area contributed by atoms with Crippen LogP contribution in [0, 0.1) is 6.92 Å². The monoisotopic (exact) mass is 361 g/mol. The zero-order valence-electron chi connectivity index (χ0n) is 16.9. The van der Waals surface area contributed by atoms with Gasteiger partial charge in [0.1, 0.15) is 0 Å². The first-order valence-electron chi connectivity index (χ1n) is 9.20. The third-order valence-corrected chi connectivity index (χ3v) is 4.92. The van der Waals surface area contributed by atoms with Crippen molar-refractivity contribution in [2.75, 3.05) is 0 Å². The van der Waals surface area contributed by atoms with E-state index in [2.05, 4.69) is 5.32 Å². The van der Waals surface area contributed by atoms with E-state index in [0.717, 1.165) is 33.4 Å². The Kier molecular flexibility index (Phi) is 6.51. The summed E-state index contributed by atoms with van der Waals surface area (Å²) in [4.78, 5) is 25.5. The Balaban J connectivity index is 2.80. The van der Waals surface area contributed by atoms with Gasteiger partial charge >= 0.3 is 0 Å². The van der Waals surface area contributed by atoms with E-state index in [1.807, 2.05) is 90.1 Å². The number of hydrogen-bond donors (Lipinski definition) is 1. The molecule has 140 valence electrons. The molecule has 0 unspecified atom stereocenters. The molecule has 0 radical (unpaired) electrons. The minimum Gasteiger partial charge on any atom is -0.288 e. The lowest BCUT2D eigenvalue weighted by atomic mass is 9.85. The van der Waals surface area contributed by atoms with Crippen molar-refractivity contribution in [1.29, 1.82) is 0 Å². The van der Waals surface area contributed by atoms with Crippen LogP contribution in [0.3, 0.4) is 0 Å². The molecule has 0 aliphatic carbocycles. The van der Waals surface area contributed by atoms with Crippen LogP contribution in [0.1, 0.15) is 45.7 Å². The number of rotatable bonds is 5. The molecule has 3 nitrogen and oxygen atoms in total. The molecule has 1 aromatic rings. The molecular weight excluding hydrogens is 334 g/mol. The van der Waals surface area contributed by atoms with E-state index in [0.29, 0.717) is 11.1 Å². The average Bonchev–Trinajstić information content (AvgIpc) is 2.95. The Morgan fingerprint density at radius 1 is 0.852 bits per heavy atom. The molecule has 1 heterocycles. The summed E-state index contributed by atoms with van der Waals surface area (Å²) in [5.74, 6) is -0.696. The molecule has 0 saturated heterocycles. The summed E-state index contributed by atoms with van der Waals surface area (Å²) in [6.45, 7) is 11.7. The van der Waals surface area contributed by atoms with Crippen LogP contribution in [0.5, 0.6) is 0 Å². The summed E-state index contributed by atoms with van der Waals surface area (Å²) in [6, 6.07) is 7.89. The molecule has 0 fully saturated rings. The molecule has 0 bridgehead atoms. The maximum Gasteiger partial charge on any atom is 0.259 e. The molecule has 2 amide bonds. The Bertz CT molecular complexity index is 937. The third kappa shape index (κ3) is 3.77. The minimum absolute atomic E-state index is 0.348. The number of carbonyl (C=O) groups excluding carboxylic acids is 2. The lowest BCUT2D eigenvalue weighted by molar-refractivity contribution is -0.123. The van der Waals surface area contributed by atoms with Crippen molar-refractivity contribution in [1.82, 2.24) is 5.32 Å². The Hall–Kier alpha value is -2.94. The number of amides is 2. The largest absolute Gasteiger partial charge is 0.288 e. The van der Waals surface area contributed by atoms with Gasteiger partial charge in [-0.15, -0.1) is 0 Å². The summed E-state index contributed by atoms with van der Waals surface area (Å²) in [6.07, 6.45) is 7.79. The second kappa shape index (κ2) is 8.63. The fourth-order valence-corrected chi connectivity index (χ4v) is 3.46. The van der Waals surface area contributed by atoms with E-state index in [-0.39, 0.29) is 11.8 Å². The highest BCUT2D eigenvalue weighted by atomic mass is 16.2. The smallest absolute Gasteiger partial charge is 0.259 e. The topological polar surface area (TPSA) is 46.2 Å². The van der Waals surface area contributed by atoms with Gasteiger partial charge in [0, 0.05) is 0 Å². The second-order valence-electron chi connectivity index (χ2n) is 6.43. The van der Waals surface area contributed by atoms with Crippen molar-refractivity contribution < 1.29 is 9.59 Å². The standard InChI is InChI=1S/C24H27NO2/c1-7-15(5)17(8-2)18(9-3)21-22(24(27)25-23(21)26)19(10-4)20-14-12-11-13-16(20)6/h7-14H,1-6H3,(H,25,26,27)/b15-7-,17-8+,18-9+,19-10+. The zero-order valence-corrected chi connectivity index (χ0v) is 16.9. The molecule has 0 aromatic heterocycles. The van der Waals surface area contributed by atoms with Gasteiger partial charge in [-0.05, 0) is 75.0 Å². The van der Waals surface area contributed by atoms with Crippen LogP contribution >= 0.6 is 0 Å². The van der Waals surface area contributed by atoms with Gasteiger partial charge in [-0.3, -0.25) is 14.9 Å². The van der Waals surface area contributed by atoms with Gasteiger partial charge in [-0.25, -0.2) is 0 Å². The SMILES string of the molecule is C\C=C(C)/C(=C\C)/C(=C\C)C1=C(/C(=C/C)c2ccccc2C)C(=O)NC1=O. The fourth-order valence-electron chi connectivity index (χ4n) is 3.46. The molecule has 0 saturated carbocycles. The fraction of sp³-hybridized carbons (Fsp3) is 0.250. The summed E-state index contributed by atoms with van der Waals surface area (Å²) in [5, 5.41) is 2.49. The normalized spacial score (nSPS) is 17.0. The van der Waals surface area contributed by atoms with Crippen LogP contribution in [-0.2, 0) is 9.59 Å². The van der Waals surface area contributed by atoms with Gasteiger partial charge in [-0.2, -0.15) is 0 Å². The predicted octanol–water partition coefficient (Wildman–Crippen LogP) is 5.21. The molecule has 1 aliphatic rings. The first kappa shape index (κ1) is 20.4. The number of carbonyl (C=O) groups is 2. The van der Waals surface area contributed by atoms with Gasteiger partial charge in [0.25, 0.3) is 11.8 Å². The molecule has 1 aromatic carbocycles. The van der Waals surface area contributed by atoms with Crippen LogP contribution in [0.25, 0.3) is 5.57 Å². The highest BCUT2D eigenvalue weighted by Crippen LogP contribution is 2.37. The van der Waals surface area contributed by atoms with E-state index in [1.165, 1.54) is 0 Å². The first-order chi connectivity index (χ1) is 12.9. The van der Waals surface area contributed by atoms with E-state index in [4.69, 9.17) is 0 Å². The quantitative estimate of drug-likeness (QED) is 0.578. The number of nitrogens with one attached hydrogen (secondary N) is 1. The van der Waals surface area contributed by atoms with Crippen molar-refractivity contribution >= 4 is 17.4 Å². The van der Waals surface area contributed by atoms with Gasteiger partial charge in [0.15, 0.2) is 0 Å². The maximum atomic E-state index is 12.8. The summed E-state index contributed by atoms with van der Waals surface area (Å²) in [7, 11) is 0. The maximum absolute atomic E-state index is 12.8. The second-order valence-corrected chi connectivity index (χ2v) is 6.43. The first-order valence-corrected chi connectivity index (χ1v) is 9.20. The minimum atomic E-state index is -0.348. The lowest BCUT2D eigenvalue weighted by Gasteiger charge is -2.16. The Morgan fingerprint density at radius 3 is 2.00 bits per heavy atom. The lowest BCUT2D eigenvalue weighted by Crippen LogP contribution is -2.23. The van der Waals surface area contributed by atoms with E-state index in [1.54, 1.807) is 0 Å². The summed E-state index contributed by atoms with van der Waals surface area (Å²) in [5.41, 5.74) is 6.46. The van der Waals surface area contributed by atoms with E-state index in [9.17, 15) is 9.59 Å². The number of aryl methyl sites for hydroxylation is 1. The number of hydrogen-bond acceptors (Lipinski definition) is 2. The van der Waals surface area contributed by atoms with Gasteiger partial charge in [0.05, 0.1) is 11.1 Å². The van der Waals surface area contributed by atoms with Gasteiger partial charge in [0.2, 0.25) is 0 Å².